The molecule has 0 unspecified atom stereocenters. The summed E-state index contributed by atoms with van der Waals surface area (Å²) in [6, 6.07) is 2.19. The lowest BCUT2D eigenvalue weighted by molar-refractivity contribution is 0.120. The Hall–Kier alpha value is -0.840. The monoisotopic (exact) mass is 265 g/mol. The summed E-state index contributed by atoms with van der Waals surface area (Å²) in [5.74, 6) is 2.17. The maximum Gasteiger partial charge on any atom is 0.120 e. The van der Waals surface area contributed by atoms with Crippen molar-refractivity contribution < 1.29 is 4.42 Å². The minimum absolute atomic E-state index is 0.816. The Morgan fingerprint density at radius 3 is 2.53 bits per heavy atom. The molecule has 1 aromatic heterocycles. The van der Waals surface area contributed by atoms with E-state index in [-0.39, 0.29) is 0 Å². The van der Waals surface area contributed by atoms with E-state index < -0.39 is 0 Å². The Morgan fingerprint density at radius 1 is 1.21 bits per heavy atom. The molecule has 0 bridgehead atoms. The molecular weight excluding hydrogens is 238 g/mol. The van der Waals surface area contributed by atoms with Crippen molar-refractivity contribution in [3.05, 3.63) is 23.2 Å². The Labute approximate surface area is 116 Å². The summed E-state index contributed by atoms with van der Waals surface area (Å²) in [4.78, 5) is 5.05. The maximum atomic E-state index is 5.91. The normalized spacial score (nSPS) is 18.1. The molecule has 0 amide bonds. The molecule has 2 rings (SSSR count). The quantitative estimate of drug-likeness (QED) is 0.850. The van der Waals surface area contributed by atoms with Gasteiger partial charge in [0.25, 0.3) is 0 Å². The molecule has 2 heterocycles. The highest BCUT2D eigenvalue weighted by Crippen LogP contribution is 2.17. The highest BCUT2D eigenvalue weighted by molar-refractivity contribution is 5.20. The Morgan fingerprint density at radius 2 is 1.89 bits per heavy atom. The van der Waals surface area contributed by atoms with Crippen molar-refractivity contribution in [2.24, 2.45) is 0 Å². The predicted molar refractivity (Wildman–Crippen MR) is 78.2 cm³/mol. The molecule has 0 aromatic carbocycles. The van der Waals surface area contributed by atoms with Gasteiger partial charge in [-0.2, -0.15) is 0 Å². The molecule has 0 aliphatic carbocycles. The number of nitrogens with zero attached hydrogens (tertiary/aromatic N) is 2. The van der Waals surface area contributed by atoms with E-state index in [9.17, 15) is 0 Å². The zero-order valence-electron chi connectivity index (χ0n) is 12.5. The van der Waals surface area contributed by atoms with Gasteiger partial charge in [0.05, 0.1) is 13.1 Å². The van der Waals surface area contributed by atoms with Gasteiger partial charge >= 0.3 is 0 Å². The minimum atomic E-state index is 0.816. The minimum Gasteiger partial charge on any atom is -0.463 e. The second-order valence-electron chi connectivity index (χ2n) is 5.47. The summed E-state index contributed by atoms with van der Waals surface area (Å²) in [5, 5.41) is 3.15. The zero-order valence-corrected chi connectivity index (χ0v) is 12.5. The Balaban J connectivity index is 1.83. The van der Waals surface area contributed by atoms with Crippen LogP contribution in [0.1, 0.15) is 30.4 Å². The lowest BCUT2D eigenvalue weighted by atomic mass is 10.2. The summed E-state index contributed by atoms with van der Waals surface area (Å²) >= 11 is 0. The summed E-state index contributed by atoms with van der Waals surface area (Å²) in [6.07, 6.45) is 1.25. The molecule has 4 nitrogen and oxygen atoms in total. The topological polar surface area (TPSA) is 31.6 Å². The Bertz CT molecular complexity index is 381. The van der Waals surface area contributed by atoms with Crippen LogP contribution in [0.4, 0.5) is 0 Å². The highest BCUT2D eigenvalue weighted by atomic mass is 16.3. The highest BCUT2D eigenvalue weighted by Gasteiger charge is 2.17. The van der Waals surface area contributed by atoms with Crippen molar-refractivity contribution in [2.75, 3.05) is 39.8 Å². The van der Waals surface area contributed by atoms with Gasteiger partial charge in [-0.25, -0.2) is 0 Å². The van der Waals surface area contributed by atoms with E-state index in [0.717, 1.165) is 37.7 Å². The second kappa shape index (κ2) is 7.08. The molecular formula is C15H27N3O. The van der Waals surface area contributed by atoms with Crippen LogP contribution in [0.15, 0.2) is 10.5 Å². The van der Waals surface area contributed by atoms with Gasteiger partial charge in [0.1, 0.15) is 11.5 Å². The SMILES string of the molecule is CCCN1CCN(Cc2cc(C)c(CNC)o2)CC1. The van der Waals surface area contributed by atoms with Gasteiger partial charge in [-0.3, -0.25) is 4.90 Å². The molecule has 1 N–H and O–H groups in total. The smallest absolute Gasteiger partial charge is 0.120 e. The van der Waals surface area contributed by atoms with Crippen LogP contribution >= 0.6 is 0 Å². The van der Waals surface area contributed by atoms with E-state index in [2.05, 4.69) is 35.0 Å². The summed E-state index contributed by atoms with van der Waals surface area (Å²) < 4.78 is 5.91. The van der Waals surface area contributed by atoms with E-state index in [1.54, 1.807) is 0 Å². The molecule has 1 aliphatic heterocycles. The summed E-state index contributed by atoms with van der Waals surface area (Å²) in [5.41, 5.74) is 1.26. The first-order chi connectivity index (χ1) is 9.22. The fraction of sp³-hybridized carbons (Fsp3) is 0.733. The number of hydrogen-bond donors (Lipinski definition) is 1. The fourth-order valence-corrected chi connectivity index (χ4v) is 2.71. The molecule has 19 heavy (non-hydrogen) atoms. The number of nitrogens with one attached hydrogen (secondary N) is 1. The van der Waals surface area contributed by atoms with Gasteiger partial charge in [0.15, 0.2) is 0 Å². The zero-order chi connectivity index (χ0) is 13.7. The lowest BCUT2D eigenvalue weighted by Crippen LogP contribution is -2.45. The molecule has 1 fully saturated rings. The fourth-order valence-electron chi connectivity index (χ4n) is 2.71. The van der Waals surface area contributed by atoms with Crippen molar-refractivity contribution >= 4 is 0 Å². The molecule has 4 heteroatoms. The first-order valence-corrected chi connectivity index (χ1v) is 7.40. The molecule has 0 spiro atoms. The van der Waals surface area contributed by atoms with Crippen molar-refractivity contribution in [1.82, 2.24) is 15.1 Å². The van der Waals surface area contributed by atoms with Crippen LogP contribution in [0, 0.1) is 6.92 Å². The van der Waals surface area contributed by atoms with Gasteiger partial charge in [-0.15, -0.1) is 0 Å². The average Bonchev–Trinajstić information content (AvgIpc) is 2.73. The number of hydrogen-bond acceptors (Lipinski definition) is 4. The van der Waals surface area contributed by atoms with Crippen molar-refractivity contribution in [3.8, 4) is 0 Å². The van der Waals surface area contributed by atoms with Crippen LogP contribution in [0.5, 0.6) is 0 Å². The lowest BCUT2D eigenvalue weighted by Gasteiger charge is -2.33. The maximum absolute atomic E-state index is 5.91. The molecule has 0 radical (unpaired) electrons. The van der Waals surface area contributed by atoms with Crippen LogP contribution in [-0.2, 0) is 13.1 Å². The molecule has 1 aromatic rings. The number of rotatable bonds is 6. The van der Waals surface area contributed by atoms with Gasteiger partial charge in [-0.05, 0) is 38.6 Å². The number of piperazine rings is 1. The third-order valence-electron chi connectivity index (χ3n) is 3.79. The first-order valence-electron chi connectivity index (χ1n) is 7.40. The molecule has 0 atom stereocenters. The van der Waals surface area contributed by atoms with Crippen LogP contribution in [0.3, 0.4) is 0 Å². The predicted octanol–water partition coefficient (Wildman–Crippen LogP) is 1.84. The van der Waals surface area contributed by atoms with Crippen LogP contribution in [-0.4, -0.2) is 49.6 Å². The first kappa shape index (κ1) is 14.6. The third-order valence-corrected chi connectivity index (χ3v) is 3.79. The van der Waals surface area contributed by atoms with Crippen molar-refractivity contribution in [2.45, 2.75) is 33.4 Å². The second-order valence-corrected chi connectivity index (χ2v) is 5.47. The average molecular weight is 265 g/mol. The standard InChI is InChI=1S/C15H27N3O/c1-4-5-17-6-8-18(9-7-17)12-14-10-13(2)15(19-14)11-16-3/h10,16H,4-9,11-12H2,1-3H3. The molecule has 1 saturated heterocycles. The van der Waals surface area contributed by atoms with Gasteiger partial charge in [-0.1, -0.05) is 6.92 Å². The summed E-state index contributed by atoms with van der Waals surface area (Å²) in [6.45, 7) is 12.1. The van der Waals surface area contributed by atoms with Crippen LogP contribution in [0.2, 0.25) is 0 Å². The van der Waals surface area contributed by atoms with Crippen molar-refractivity contribution in [3.63, 3.8) is 0 Å². The van der Waals surface area contributed by atoms with Gasteiger partial charge in [0.2, 0.25) is 0 Å². The number of furan rings is 1. The van der Waals surface area contributed by atoms with Gasteiger partial charge in [0, 0.05) is 26.2 Å². The number of aryl methyl sites for hydroxylation is 1. The summed E-state index contributed by atoms with van der Waals surface area (Å²) in [7, 11) is 1.95. The molecule has 0 saturated carbocycles. The van der Waals surface area contributed by atoms with Gasteiger partial charge < -0.3 is 14.6 Å². The van der Waals surface area contributed by atoms with E-state index in [1.807, 2.05) is 7.05 Å². The van der Waals surface area contributed by atoms with Crippen LogP contribution < -0.4 is 5.32 Å². The Kier molecular flexibility index (Phi) is 5.43. The van der Waals surface area contributed by atoms with E-state index in [0.29, 0.717) is 0 Å². The van der Waals surface area contributed by atoms with Crippen LogP contribution in [0.25, 0.3) is 0 Å². The molecule has 108 valence electrons. The third kappa shape index (κ3) is 4.06. The molecule has 1 aliphatic rings. The van der Waals surface area contributed by atoms with Crippen molar-refractivity contribution in [1.29, 1.82) is 0 Å². The largest absolute Gasteiger partial charge is 0.463 e. The van der Waals surface area contributed by atoms with E-state index in [1.165, 1.54) is 31.6 Å². The van der Waals surface area contributed by atoms with E-state index >= 15 is 0 Å². The van der Waals surface area contributed by atoms with E-state index in [4.69, 9.17) is 4.42 Å².